The average Bonchev–Trinajstić information content (AvgIpc) is 3.42. The lowest BCUT2D eigenvalue weighted by atomic mass is 10.0. The second-order valence-electron chi connectivity index (χ2n) is 21.6. The quantitative estimate of drug-likeness (QED) is 0.0261. The van der Waals surface area contributed by atoms with Crippen LogP contribution in [0.15, 0.2) is 85.1 Å². The molecule has 0 amide bonds. The van der Waals surface area contributed by atoms with Gasteiger partial charge in [-0.25, -0.2) is 0 Å². The van der Waals surface area contributed by atoms with Gasteiger partial charge >= 0.3 is 17.9 Å². The van der Waals surface area contributed by atoms with Crippen LogP contribution in [0.4, 0.5) is 0 Å². The largest absolute Gasteiger partial charge is 0.462 e. The molecule has 0 rings (SSSR count). The Kier molecular flexibility index (Phi) is 61.2. The zero-order valence-corrected chi connectivity index (χ0v) is 50.3. The third kappa shape index (κ3) is 61.4. The van der Waals surface area contributed by atoms with Crippen LogP contribution in [0.1, 0.15) is 323 Å². The average molecular weight is 1060 g/mol. The summed E-state index contributed by atoms with van der Waals surface area (Å²) in [7, 11) is 0. The monoisotopic (exact) mass is 1060 g/mol. The lowest BCUT2D eigenvalue weighted by Crippen LogP contribution is -2.30. The van der Waals surface area contributed by atoms with Crippen LogP contribution < -0.4 is 0 Å². The highest BCUT2D eigenvalue weighted by atomic mass is 16.6. The Labute approximate surface area is 471 Å². The maximum Gasteiger partial charge on any atom is 0.306 e. The molecule has 438 valence electrons. The second-order valence-corrected chi connectivity index (χ2v) is 21.6. The Morgan fingerprint density at radius 1 is 0.276 bits per heavy atom. The minimum Gasteiger partial charge on any atom is -0.462 e. The first-order valence-electron chi connectivity index (χ1n) is 32.6. The molecule has 1 atom stereocenters. The zero-order valence-electron chi connectivity index (χ0n) is 50.3. The number of esters is 3. The van der Waals surface area contributed by atoms with Crippen molar-refractivity contribution in [2.75, 3.05) is 13.2 Å². The summed E-state index contributed by atoms with van der Waals surface area (Å²) in [5.41, 5.74) is 0. The Bertz CT molecular complexity index is 1450. The molecule has 0 N–H and O–H groups in total. The molecule has 0 aliphatic heterocycles. The maximum absolute atomic E-state index is 12.9. The number of allylic oxidation sites excluding steroid dienone is 14. The molecule has 0 aliphatic rings. The van der Waals surface area contributed by atoms with Crippen molar-refractivity contribution in [3.8, 4) is 0 Å². The molecule has 0 bridgehead atoms. The minimum atomic E-state index is -0.777. The van der Waals surface area contributed by atoms with Gasteiger partial charge in [0.1, 0.15) is 13.2 Å². The van der Waals surface area contributed by atoms with Crippen LogP contribution >= 0.6 is 0 Å². The molecule has 0 saturated heterocycles. The molecular weight excluding hydrogens is 937 g/mol. The van der Waals surface area contributed by atoms with Gasteiger partial charge < -0.3 is 14.2 Å². The van der Waals surface area contributed by atoms with Gasteiger partial charge in [0, 0.05) is 19.3 Å². The molecule has 6 heteroatoms. The van der Waals surface area contributed by atoms with Gasteiger partial charge in [-0.05, 0) is 96.3 Å². The molecular formula is C70H122O6. The van der Waals surface area contributed by atoms with E-state index in [1.54, 1.807) is 0 Å². The summed E-state index contributed by atoms with van der Waals surface area (Å²) < 4.78 is 16.9. The third-order valence-corrected chi connectivity index (χ3v) is 14.1. The second kappa shape index (κ2) is 64.1. The number of carbonyl (C=O) groups is 3. The molecule has 0 fully saturated rings. The van der Waals surface area contributed by atoms with Gasteiger partial charge in [-0.3, -0.25) is 14.4 Å². The van der Waals surface area contributed by atoms with E-state index in [1.807, 2.05) is 0 Å². The topological polar surface area (TPSA) is 78.9 Å². The van der Waals surface area contributed by atoms with Crippen LogP contribution in [0.25, 0.3) is 0 Å². The van der Waals surface area contributed by atoms with Crippen molar-refractivity contribution in [3.05, 3.63) is 85.1 Å². The molecule has 1 unspecified atom stereocenters. The van der Waals surface area contributed by atoms with E-state index in [2.05, 4.69) is 106 Å². The van der Waals surface area contributed by atoms with Crippen LogP contribution in [-0.2, 0) is 28.6 Å². The number of rotatable bonds is 59. The SMILES string of the molecule is CC/C=C\C/C=C\C/C=C\C/C=C\C/C=C\CCCCCCCCCCCC(=O)OCC(COC(=O)CCCCCCCCCC)OC(=O)CCCCCCCCCCCCCCC/C=C\C/C=C\CCCCCCC. The van der Waals surface area contributed by atoms with Crippen molar-refractivity contribution in [1.29, 1.82) is 0 Å². The van der Waals surface area contributed by atoms with E-state index < -0.39 is 6.10 Å². The smallest absolute Gasteiger partial charge is 0.306 e. The number of carbonyl (C=O) groups excluding carboxylic acids is 3. The fourth-order valence-electron chi connectivity index (χ4n) is 9.27. The van der Waals surface area contributed by atoms with E-state index in [9.17, 15) is 14.4 Å². The van der Waals surface area contributed by atoms with Crippen molar-refractivity contribution >= 4 is 17.9 Å². The van der Waals surface area contributed by atoms with E-state index in [4.69, 9.17) is 14.2 Å². The Balaban J connectivity index is 4.18. The van der Waals surface area contributed by atoms with Crippen molar-refractivity contribution in [2.45, 2.75) is 329 Å². The van der Waals surface area contributed by atoms with Gasteiger partial charge in [0.25, 0.3) is 0 Å². The van der Waals surface area contributed by atoms with Crippen LogP contribution in [0.5, 0.6) is 0 Å². The first-order chi connectivity index (χ1) is 37.5. The van der Waals surface area contributed by atoms with Crippen LogP contribution in [0, 0.1) is 0 Å². The standard InChI is InChI=1S/C70H122O6/c1-4-7-10-13-16-19-21-23-25-27-29-31-33-35-37-39-41-43-45-47-49-51-54-57-60-63-69(72)75-66-67(65-74-68(71)62-59-56-53-18-15-12-9-6-3)76-70(73)64-61-58-55-52-50-48-46-44-42-40-38-36-34-32-30-28-26-24-22-20-17-14-11-8-5-2/h7,10,16,19,22-25,28-31,35,37,67H,4-6,8-9,11-15,17-18,20-21,26-27,32-34,36,38-66H2,1-3H3/b10-7-,19-16-,24-22-,25-23-,30-28-,31-29-,37-35-. The number of hydrogen-bond acceptors (Lipinski definition) is 6. The van der Waals surface area contributed by atoms with Gasteiger partial charge in [0.2, 0.25) is 0 Å². The summed E-state index contributed by atoms with van der Waals surface area (Å²) in [6.45, 7) is 6.51. The fraction of sp³-hybridized carbons (Fsp3) is 0.757. The molecule has 0 aromatic rings. The van der Waals surface area contributed by atoms with Crippen molar-refractivity contribution in [1.82, 2.24) is 0 Å². The first-order valence-corrected chi connectivity index (χ1v) is 32.6. The van der Waals surface area contributed by atoms with Gasteiger partial charge in [-0.15, -0.1) is 0 Å². The molecule has 6 nitrogen and oxygen atoms in total. The molecule has 0 aromatic heterocycles. The number of ether oxygens (including phenoxy) is 3. The summed E-state index contributed by atoms with van der Waals surface area (Å²) in [6, 6.07) is 0. The molecule has 0 spiro atoms. The highest BCUT2D eigenvalue weighted by molar-refractivity contribution is 5.71. The van der Waals surface area contributed by atoms with Gasteiger partial charge in [-0.1, -0.05) is 292 Å². The minimum absolute atomic E-state index is 0.0759. The van der Waals surface area contributed by atoms with E-state index in [0.29, 0.717) is 19.3 Å². The van der Waals surface area contributed by atoms with E-state index in [1.165, 1.54) is 180 Å². The van der Waals surface area contributed by atoms with Crippen molar-refractivity contribution < 1.29 is 28.6 Å². The highest BCUT2D eigenvalue weighted by Crippen LogP contribution is 2.17. The predicted octanol–water partition coefficient (Wildman–Crippen LogP) is 22.3. The van der Waals surface area contributed by atoms with Crippen molar-refractivity contribution in [3.63, 3.8) is 0 Å². The van der Waals surface area contributed by atoms with E-state index in [-0.39, 0.29) is 31.1 Å². The molecule has 0 heterocycles. The van der Waals surface area contributed by atoms with E-state index >= 15 is 0 Å². The highest BCUT2D eigenvalue weighted by Gasteiger charge is 2.19. The summed E-state index contributed by atoms with van der Waals surface area (Å²) in [5, 5.41) is 0. The third-order valence-electron chi connectivity index (χ3n) is 14.1. The van der Waals surface area contributed by atoms with Crippen molar-refractivity contribution in [2.24, 2.45) is 0 Å². The molecule has 0 aliphatic carbocycles. The molecule has 0 radical (unpaired) electrons. The van der Waals surface area contributed by atoms with Crippen LogP contribution in [-0.4, -0.2) is 37.2 Å². The maximum atomic E-state index is 12.9. The first kappa shape index (κ1) is 72.6. The zero-order chi connectivity index (χ0) is 55.0. The Hall–Kier alpha value is -3.41. The molecule has 0 aromatic carbocycles. The van der Waals surface area contributed by atoms with E-state index in [0.717, 1.165) is 103 Å². The predicted molar refractivity (Wildman–Crippen MR) is 330 cm³/mol. The summed E-state index contributed by atoms with van der Waals surface area (Å²) in [6.07, 6.45) is 84.6. The Morgan fingerprint density at radius 3 is 0.803 bits per heavy atom. The summed E-state index contributed by atoms with van der Waals surface area (Å²) in [4.78, 5) is 38.2. The molecule has 0 saturated carbocycles. The normalized spacial score (nSPS) is 12.6. The lowest BCUT2D eigenvalue weighted by molar-refractivity contribution is -0.167. The number of hydrogen-bond donors (Lipinski definition) is 0. The lowest BCUT2D eigenvalue weighted by Gasteiger charge is -2.18. The van der Waals surface area contributed by atoms with Gasteiger partial charge in [-0.2, -0.15) is 0 Å². The Morgan fingerprint density at radius 2 is 0.513 bits per heavy atom. The summed E-state index contributed by atoms with van der Waals surface area (Å²) in [5.74, 6) is -0.875. The number of unbranched alkanes of at least 4 members (excludes halogenated alkanes) is 34. The molecule has 76 heavy (non-hydrogen) atoms. The van der Waals surface area contributed by atoms with Crippen LogP contribution in [0.2, 0.25) is 0 Å². The van der Waals surface area contributed by atoms with Gasteiger partial charge in [0.15, 0.2) is 6.10 Å². The van der Waals surface area contributed by atoms with Gasteiger partial charge in [0.05, 0.1) is 0 Å². The summed E-state index contributed by atoms with van der Waals surface area (Å²) >= 11 is 0. The fourth-order valence-corrected chi connectivity index (χ4v) is 9.27. The van der Waals surface area contributed by atoms with Crippen LogP contribution in [0.3, 0.4) is 0 Å².